The van der Waals surface area contributed by atoms with Gasteiger partial charge in [0.05, 0.1) is 16.0 Å². The Morgan fingerprint density at radius 1 is 1.10 bits per heavy atom. The van der Waals surface area contributed by atoms with Crippen molar-refractivity contribution in [1.29, 1.82) is 0 Å². The van der Waals surface area contributed by atoms with Gasteiger partial charge in [0, 0.05) is 24.0 Å². The van der Waals surface area contributed by atoms with Gasteiger partial charge in [-0.1, -0.05) is 11.2 Å². The minimum atomic E-state index is 0.480. The topological polar surface area (TPSA) is 64.7 Å². The van der Waals surface area contributed by atoms with Crippen LogP contribution in [-0.4, -0.2) is 20.1 Å². The summed E-state index contributed by atoms with van der Waals surface area (Å²) in [5.74, 6) is 1.08. The normalized spacial score (nSPS) is 11.0. The fraction of sp³-hybridized carbons (Fsp3) is 0. The van der Waals surface area contributed by atoms with Gasteiger partial charge in [-0.3, -0.25) is 9.97 Å². The highest BCUT2D eigenvalue weighted by molar-refractivity contribution is 7.13. The van der Waals surface area contributed by atoms with Crippen LogP contribution in [0.15, 0.2) is 52.8 Å². The first-order chi connectivity index (χ1) is 9.92. The first kappa shape index (κ1) is 11.2. The van der Waals surface area contributed by atoms with Gasteiger partial charge in [-0.05, 0) is 23.6 Å². The monoisotopic (exact) mass is 280 g/mol. The minimum absolute atomic E-state index is 0.480. The van der Waals surface area contributed by atoms with Crippen LogP contribution in [0.2, 0.25) is 0 Å². The molecule has 0 aliphatic carbocycles. The van der Waals surface area contributed by atoms with Crippen LogP contribution in [0, 0.1) is 0 Å². The Labute approximate surface area is 117 Å². The Hall–Kier alpha value is -2.60. The number of aromatic nitrogens is 4. The largest absolute Gasteiger partial charge is 0.334 e. The number of thiophene rings is 1. The molecule has 0 spiro atoms. The molecule has 96 valence electrons. The van der Waals surface area contributed by atoms with Crippen LogP contribution in [-0.2, 0) is 0 Å². The second-order valence-electron chi connectivity index (χ2n) is 4.15. The van der Waals surface area contributed by atoms with Crippen molar-refractivity contribution in [2.45, 2.75) is 0 Å². The van der Waals surface area contributed by atoms with Crippen LogP contribution < -0.4 is 0 Å². The zero-order valence-electron chi connectivity index (χ0n) is 10.2. The number of hydrogen-bond donors (Lipinski definition) is 0. The molecule has 0 amide bonds. The van der Waals surface area contributed by atoms with E-state index in [1.807, 2.05) is 29.6 Å². The molecule has 0 unspecified atom stereocenters. The molecule has 4 rings (SSSR count). The van der Waals surface area contributed by atoms with E-state index in [1.165, 1.54) is 0 Å². The Morgan fingerprint density at radius 3 is 3.00 bits per heavy atom. The summed E-state index contributed by atoms with van der Waals surface area (Å²) < 4.78 is 5.37. The van der Waals surface area contributed by atoms with Crippen LogP contribution in [0.3, 0.4) is 0 Å². The molecule has 0 aliphatic rings. The molecule has 5 nitrogen and oxygen atoms in total. The lowest BCUT2D eigenvalue weighted by Gasteiger charge is -1.99. The van der Waals surface area contributed by atoms with Crippen LogP contribution in [0.5, 0.6) is 0 Å². The van der Waals surface area contributed by atoms with E-state index in [0.717, 1.165) is 21.3 Å². The van der Waals surface area contributed by atoms with Crippen LogP contribution in [0.25, 0.3) is 33.1 Å². The van der Waals surface area contributed by atoms with Crippen LogP contribution in [0.4, 0.5) is 0 Å². The van der Waals surface area contributed by atoms with E-state index in [2.05, 4.69) is 20.1 Å². The summed E-state index contributed by atoms with van der Waals surface area (Å²) in [6.07, 6.45) is 5.20. The maximum Gasteiger partial charge on any atom is 0.259 e. The second-order valence-corrected chi connectivity index (χ2v) is 5.10. The highest BCUT2D eigenvalue weighted by Gasteiger charge is 2.13. The molecule has 0 fully saturated rings. The molecule has 4 heterocycles. The highest BCUT2D eigenvalue weighted by atomic mass is 32.1. The third-order valence-electron chi connectivity index (χ3n) is 2.94. The van der Waals surface area contributed by atoms with Crippen molar-refractivity contribution in [1.82, 2.24) is 20.1 Å². The molecule has 0 aromatic carbocycles. The van der Waals surface area contributed by atoms with E-state index < -0.39 is 0 Å². The van der Waals surface area contributed by atoms with Gasteiger partial charge in [-0.2, -0.15) is 4.98 Å². The molecule has 4 aromatic heterocycles. The maximum absolute atomic E-state index is 5.37. The zero-order valence-corrected chi connectivity index (χ0v) is 11.0. The molecule has 0 radical (unpaired) electrons. The Kier molecular flexibility index (Phi) is 2.53. The highest BCUT2D eigenvalue weighted by Crippen LogP contribution is 2.28. The summed E-state index contributed by atoms with van der Waals surface area (Å²) in [7, 11) is 0. The average molecular weight is 280 g/mol. The summed E-state index contributed by atoms with van der Waals surface area (Å²) >= 11 is 1.58. The predicted octanol–water partition coefficient (Wildman–Crippen LogP) is 3.41. The smallest absolute Gasteiger partial charge is 0.259 e. The quantitative estimate of drug-likeness (QED) is 0.563. The van der Waals surface area contributed by atoms with Gasteiger partial charge in [0.2, 0.25) is 5.82 Å². The minimum Gasteiger partial charge on any atom is -0.334 e. The molecule has 0 aliphatic heterocycles. The van der Waals surface area contributed by atoms with Gasteiger partial charge < -0.3 is 4.52 Å². The number of rotatable bonds is 2. The van der Waals surface area contributed by atoms with E-state index in [4.69, 9.17) is 4.52 Å². The fourth-order valence-corrected chi connectivity index (χ4v) is 2.66. The van der Waals surface area contributed by atoms with E-state index >= 15 is 0 Å². The van der Waals surface area contributed by atoms with Gasteiger partial charge in [-0.15, -0.1) is 11.3 Å². The summed E-state index contributed by atoms with van der Waals surface area (Å²) in [4.78, 5) is 13.9. The molecule has 4 aromatic rings. The molecule has 0 bridgehead atoms. The third kappa shape index (κ3) is 1.78. The summed E-state index contributed by atoms with van der Waals surface area (Å²) in [6, 6.07) is 7.64. The van der Waals surface area contributed by atoms with Crippen molar-refractivity contribution in [2.24, 2.45) is 0 Å². The molecular weight excluding hydrogens is 272 g/mol. The maximum atomic E-state index is 5.37. The van der Waals surface area contributed by atoms with Crippen molar-refractivity contribution in [3.05, 3.63) is 48.2 Å². The molecule has 20 heavy (non-hydrogen) atoms. The van der Waals surface area contributed by atoms with Gasteiger partial charge in [0.25, 0.3) is 5.89 Å². The summed E-state index contributed by atoms with van der Waals surface area (Å²) in [5, 5.41) is 6.91. The van der Waals surface area contributed by atoms with E-state index in [1.54, 1.807) is 29.9 Å². The van der Waals surface area contributed by atoms with E-state index in [9.17, 15) is 0 Å². The first-order valence-electron chi connectivity index (χ1n) is 5.98. The van der Waals surface area contributed by atoms with Crippen LogP contribution in [0.1, 0.15) is 0 Å². The van der Waals surface area contributed by atoms with Crippen molar-refractivity contribution in [3.8, 4) is 22.2 Å². The van der Waals surface area contributed by atoms with Crippen molar-refractivity contribution >= 4 is 22.2 Å². The van der Waals surface area contributed by atoms with Crippen molar-refractivity contribution < 1.29 is 4.52 Å². The molecule has 0 atom stereocenters. The first-order valence-corrected chi connectivity index (χ1v) is 6.86. The van der Waals surface area contributed by atoms with E-state index in [0.29, 0.717) is 11.7 Å². The number of pyridine rings is 2. The lowest BCUT2D eigenvalue weighted by molar-refractivity contribution is 0.433. The molecular formula is C14H8N4OS. The number of nitrogens with zero attached hydrogens (tertiary/aromatic N) is 4. The third-order valence-corrected chi connectivity index (χ3v) is 3.81. The Bertz CT molecular complexity index is 864. The second kappa shape index (κ2) is 4.50. The standard InChI is InChI=1S/C14H8N4OS/c1-2-12(20-7-1)13-17-14(19-18-13)9-3-6-16-11-4-5-15-8-10(9)11/h1-8H. The van der Waals surface area contributed by atoms with Crippen molar-refractivity contribution in [2.75, 3.05) is 0 Å². The van der Waals surface area contributed by atoms with Gasteiger partial charge in [0.1, 0.15) is 0 Å². The average Bonchev–Trinajstić information content (AvgIpc) is 3.17. The lowest BCUT2D eigenvalue weighted by atomic mass is 10.1. The zero-order chi connectivity index (χ0) is 13.4. The number of hydrogen-bond acceptors (Lipinski definition) is 6. The van der Waals surface area contributed by atoms with Gasteiger partial charge in [0.15, 0.2) is 0 Å². The molecule has 6 heteroatoms. The SMILES string of the molecule is c1csc(-c2noc(-c3ccnc4ccncc34)n2)c1. The van der Waals surface area contributed by atoms with Crippen LogP contribution >= 0.6 is 11.3 Å². The van der Waals surface area contributed by atoms with Crippen molar-refractivity contribution in [3.63, 3.8) is 0 Å². The number of fused-ring (bicyclic) bond motifs is 1. The molecule has 0 N–H and O–H groups in total. The summed E-state index contributed by atoms with van der Waals surface area (Å²) in [6.45, 7) is 0. The Morgan fingerprint density at radius 2 is 2.10 bits per heavy atom. The lowest BCUT2D eigenvalue weighted by Crippen LogP contribution is -1.85. The van der Waals surface area contributed by atoms with Gasteiger partial charge in [-0.25, -0.2) is 0 Å². The molecule has 0 saturated carbocycles. The predicted molar refractivity (Wildman–Crippen MR) is 76.1 cm³/mol. The Balaban J connectivity index is 1.88. The summed E-state index contributed by atoms with van der Waals surface area (Å²) in [5.41, 5.74) is 1.70. The van der Waals surface area contributed by atoms with E-state index in [-0.39, 0.29) is 0 Å². The van der Waals surface area contributed by atoms with Gasteiger partial charge >= 0.3 is 0 Å². The fourth-order valence-electron chi connectivity index (χ4n) is 2.01. The molecule has 0 saturated heterocycles.